The molecule has 29 heavy (non-hydrogen) atoms. The second kappa shape index (κ2) is 9.89. The number of hydrogen-bond acceptors (Lipinski definition) is 5. The molecule has 2 aromatic carbocycles. The maximum atomic E-state index is 12.1. The predicted octanol–water partition coefficient (Wildman–Crippen LogP) is 3.20. The van der Waals surface area contributed by atoms with Crippen LogP contribution in [0, 0.1) is 0 Å². The third kappa shape index (κ3) is 6.58. The van der Waals surface area contributed by atoms with Crippen molar-refractivity contribution in [3.05, 3.63) is 65.7 Å². The van der Waals surface area contributed by atoms with Gasteiger partial charge in [0.25, 0.3) is 5.91 Å². The zero-order valence-electron chi connectivity index (χ0n) is 16.7. The number of piperidine rings is 1. The Hall–Kier alpha value is -2.38. The number of rotatable bonds is 8. The van der Waals surface area contributed by atoms with E-state index in [4.69, 9.17) is 4.74 Å². The number of amides is 1. The van der Waals surface area contributed by atoms with Crippen LogP contribution in [0.5, 0.6) is 5.75 Å². The molecule has 0 radical (unpaired) electrons. The molecular formula is C22H28N2O4S. The maximum absolute atomic E-state index is 12.1. The lowest BCUT2D eigenvalue weighted by molar-refractivity contribution is 0.0965. The van der Waals surface area contributed by atoms with Gasteiger partial charge in [-0.1, -0.05) is 37.3 Å². The van der Waals surface area contributed by atoms with Gasteiger partial charge in [-0.3, -0.25) is 9.69 Å². The number of likely N-dealkylation sites (tertiary alicyclic amines) is 1. The minimum absolute atomic E-state index is 0.0666. The third-order valence-corrected chi connectivity index (χ3v) is 6.37. The van der Waals surface area contributed by atoms with E-state index in [-0.39, 0.29) is 11.9 Å². The molecule has 3 rings (SSSR count). The number of benzene rings is 2. The van der Waals surface area contributed by atoms with Crippen LogP contribution < -0.4 is 9.46 Å². The summed E-state index contributed by atoms with van der Waals surface area (Å²) in [7, 11) is -3.58. The van der Waals surface area contributed by atoms with Crippen molar-refractivity contribution in [2.45, 2.75) is 38.8 Å². The summed E-state index contributed by atoms with van der Waals surface area (Å²) in [6.07, 6.45) is 2.50. The maximum Gasteiger partial charge on any atom is 0.264 e. The lowest BCUT2D eigenvalue weighted by atomic mass is 10.1. The fraction of sp³-hybridized carbons (Fsp3) is 0.409. The molecule has 0 saturated carbocycles. The molecule has 6 nitrogen and oxygen atoms in total. The molecule has 0 atom stereocenters. The summed E-state index contributed by atoms with van der Waals surface area (Å²) in [5.41, 5.74) is 1.62. The van der Waals surface area contributed by atoms with Gasteiger partial charge in [0.2, 0.25) is 10.0 Å². The number of nitrogens with one attached hydrogen (secondary N) is 1. The fourth-order valence-electron chi connectivity index (χ4n) is 3.42. The quantitative estimate of drug-likeness (QED) is 0.715. The minimum Gasteiger partial charge on any atom is -0.490 e. The van der Waals surface area contributed by atoms with Crippen molar-refractivity contribution in [1.29, 1.82) is 0 Å². The second-order valence-electron chi connectivity index (χ2n) is 7.35. The van der Waals surface area contributed by atoms with Crippen molar-refractivity contribution in [3.8, 4) is 5.75 Å². The van der Waals surface area contributed by atoms with Crippen LogP contribution in [-0.2, 0) is 16.6 Å². The van der Waals surface area contributed by atoms with E-state index in [0.717, 1.165) is 32.5 Å². The summed E-state index contributed by atoms with van der Waals surface area (Å²) >= 11 is 0. The van der Waals surface area contributed by atoms with Gasteiger partial charge in [0, 0.05) is 25.2 Å². The van der Waals surface area contributed by atoms with E-state index in [1.165, 1.54) is 5.56 Å². The highest BCUT2D eigenvalue weighted by atomic mass is 32.2. The van der Waals surface area contributed by atoms with Crippen LogP contribution in [0.3, 0.4) is 0 Å². The number of carbonyl (C=O) groups is 1. The number of carbonyl (C=O) groups excluding carboxylic acids is 1. The van der Waals surface area contributed by atoms with Crippen molar-refractivity contribution in [1.82, 2.24) is 9.62 Å². The molecule has 1 amide bonds. The molecule has 2 aromatic rings. The Bertz CT molecular complexity index is 890. The molecule has 0 aromatic heterocycles. The zero-order chi connectivity index (χ0) is 20.7. The van der Waals surface area contributed by atoms with Gasteiger partial charge in [0.15, 0.2) is 0 Å². The van der Waals surface area contributed by atoms with Gasteiger partial charge >= 0.3 is 0 Å². The van der Waals surface area contributed by atoms with Gasteiger partial charge in [-0.05, 0) is 49.1 Å². The van der Waals surface area contributed by atoms with E-state index in [9.17, 15) is 13.2 Å². The highest BCUT2D eigenvalue weighted by molar-refractivity contribution is 7.90. The van der Waals surface area contributed by atoms with Gasteiger partial charge in [-0.2, -0.15) is 0 Å². The lowest BCUT2D eigenvalue weighted by Gasteiger charge is -2.32. The van der Waals surface area contributed by atoms with Crippen molar-refractivity contribution in [2.75, 3.05) is 18.8 Å². The first-order valence-electron chi connectivity index (χ1n) is 10.0. The molecule has 1 fully saturated rings. The largest absolute Gasteiger partial charge is 0.490 e. The lowest BCUT2D eigenvalue weighted by Crippen LogP contribution is -2.37. The molecule has 1 aliphatic rings. The average molecular weight is 417 g/mol. The van der Waals surface area contributed by atoms with Gasteiger partial charge < -0.3 is 4.74 Å². The highest BCUT2D eigenvalue weighted by Crippen LogP contribution is 2.21. The standard InChI is InChI=1S/C22H28N2O4S/c1-2-16-29(26,27)23-22(25)19-8-10-20(11-9-19)28-21-12-14-24(15-13-21)17-18-6-4-3-5-7-18/h3-11,21H,2,12-17H2,1H3,(H,23,25). The fourth-order valence-corrected chi connectivity index (χ4v) is 4.46. The topological polar surface area (TPSA) is 75.7 Å². The van der Waals surface area contributed by atoms with Crippen LogP contribution in [0.2, 0.25) is 0 Å². The Morgan fingerprint density at radius 2 is 1.72 bits per heavy atom. The van der Waals surface area contributed by atoms with Crippen LogP contribution in [0.1, 0.15) is 42.1 Å². The van der Waals surface area contributed by atoms with Gasteiger partial charge in [0.05, 0.1) is 5.75 Å². The van der Waals surface area contributed by atoms with E-state index >= 15 is 0 Å². The van der Waals surface area contributed by atoms with Crippen LogP contribution in [0.15, 0.2) is 54.6 Å². The molecule has 156 valence electrons. The minimum atomic E-state index is -3.58. The smallest absolute Gasteiger partial charge is 0.264 e. The summed E-state index contributed by atoms with van der Waals surface area (Å²) in [6.45, 7) is 4.67. The first kappa shape index (κ1) is 21.3. The molecule has 0 bridgehead atoms. The second-order valence-corrected chi connectivity index (χ2v) is 9.20. The first-order valence-corrected chi connectivity index (χ1v) is 11.7. The third-order valence-electron chi connectivity index (χ3n) is 4.92. The van der Waals surface area contributed by atoms with E-state index < -0.39 is 15.9 Å². The predicted molar refractivity (Wildman–Crippen MR) is 113 cm³/mol. The molecule has 0 spiro atoms. The molecule has 1 N–H and O–H groups in total. The Morgan fingerprint density at radius 3 is 2.34 bits per heavy atom. The first-order chi connectivity index (χ1) is 13.9. The van der Waals surface area contributed by atoms with Gasteiger partial charge in [-0.25, -0.2) is 13.1 Å². The Kier molecular flexibility index (Phi) is 7.28. The summed E-state index contributed by atoms with van der Waals surface area (Å²) in [5.74, 6) is 0.0156. The average Bonchev–Trinajstić information content (AvgIpc) is 2.70. The van der Waals surface area contributed by atoms with E-state index in [1.807, 2.05) is 6.07 Å². The molecule has 0 aliphatic carbocycles. The summed E-state index contributed by atoms with van der Waals surface area (Å²) < 4.78 is 31.6. The summed E-state index contributed by atoms with van der Waals surface area (Å²) in [6, 6.07) is 17.1. The number of nitrogens with zero attached hydrogens (tertiary/aromatic N) is 1. The molecule has 1 saturated heterocycles. The summed E-state index contributed by atoms with van der Waals surface area (Å²) in [5, 5.41) is 0. The van der Waals surface area contributed by atoms with E-state index in [0.29, 0.717) is 17.7 Å². The Balaban J connectivity index is 1.47. The van der Waals surface area contributed by atoms with Crippen LogP contribution >= 0.6 is 0 Å². The highest BCUT2D eigenvalue weighted by Gasteiger charge is 2.21. The zero-order valence-corrected chi connectivity index (χ0v) is 17.5. The van der Waals surface area contributed by atoms with Gasteiger partial charge in [-0.15, -0.1) is 0 Å². The molecule has 0 unspecified atom stereocenters. The molecule has 1 aliphatic heterocycles. The van der Waals surface area contributed by atoms with Crippen molar-refractivity contribution in [3.63, 3.8) is 0 Å². The normalized spacial score (nSPS) is 15.8. The molecule has 7 heteroatoms. The van der Waals surface area contributed by atoms with Crippen molar-refractivity contribution >= 4 is 15.9 Å². The van der Waals surface area contributed by atoms with Crippen molar-refractivity contribution < 1.29 is 17.9 Å². The Morgan fingerprint density at radius 1 is 1.07 bits per heavy atom. The number of sulfonamides is 1. The molecule has 1 heterocycles. The molecular weight excluding hydrogens is 388 g/mol. The van der Waals surface area contributed by atoms with E-state index in [1.54, 1.807) is 31.2 Å². The SMILES string of the molecule is CCCS(=O)(=O)NC(=O)c1ccc(OC2CCN(Cc3ccccc3)CC2)cc1. The monoisotopic (exact) mass is 416 g/mol. The van der Waals surface area contributed by atoms with E-state index in [2.05, 4.69) is 33.9 Å². The number of hydrogen-bond donors (Lipinski definition) is 1. The Labute approximate surface area is 172 Å². The van der Waals surface area contributed by atoms with Crippen LogP contribution in [0.4, 0.5) is 0 Å². The van der Waals surface area contributed by atoms with Gasteiger partial charge in [0.1, 0.15) is 11.9 Å². The van der Waals surface area contributed by atoms with Crippen molar-refractivity contribution in [2.24, 2.45) is 0 Å². The van der Waals surface area contributed by atoms with Crippen LogP contribution in [-0.4, -0.2) is 44.2 Å². The number of ether oxygens (including phenoxy) is 1. The summed E-state index contributed by atoms with van der Waals surface area (Å²) in [4.78, 5) is 14.5. The van der Waals surface area contributed by atoms with Crippen LogP contribution in [0.25, 0.3) is 0 Å².